The second-order valence-corrected chi connectivity index (χ2v) is 8.62. The van der Waals surface area contributed by atoms with Gasteiger partial charge < -0.3 is 10.1 Å². The SMILES string of the molecule is FC(F)(F)c1ccnc(CNCC[C@@]2(c3ccccn3)CCOC3(CCCC3)C2)c1. The number of nitrogens with zero attached hydrogens (tertiary/aromatic N) is 2. The number of aromatic nitrogens is 2. The van der Waals surface area contributed by atoms with Crippen molar-refractivity contribution in [2.45, 2.75) is 68.7 Å². The lowest BCUT2D eigenvalue weighted by atomic mass is 9.68. The summed E-state index contributed by atoms with van der Waals surface area (Å²) in [4.78, 5) is 8.76. The highest BCUT2D eigenvalue weighted by molar-refractivity contribution is 5.21. The highest BCUT2D eigenvalue weighted by Gasteiger charge is 2.48. The van der Waals surface area contributed by atoms with Crippen LogP contribution >= 0.6 is 0 Å². The van der Waals surface area contributed by atoms with Crippen LogP contribution in [0.3, 0.4) is 0 Å². The van der Waals surface area contributed by atoms with Gasteiger partial charge in [-0.05, 0) is 62.9 Å². The van der Waals surface area contributed by atoms with Gasteiger partial charge in [0.15, 0.2) is 0 Å². The lowest BCUT2D eigenvalue weighted by Gasteiger charge is -2.46. The maximum atomic E-state index is 12.9. The maximum Gasteiger partial charge on any atom is 0.416 e. The van der Waals surface area contributed by atoms with Crippen molar-refractivity contribution < 1.29 is 17.9 Å². The first-order valence-corrected chi connectivity index (χ1v) is 10.7. The van der Waals surface area contributed by atoms with Crippen LogP contribution in [0.4, 0.5) is 13.2 Å². The average Bonchev–Trinajstić information content (AvgIpc) is 3.19. The van der Waals surface area contributed by atoms with Crippen LogP contribution in [0.2, 0.25) is 0 Å². The molecule has 0 bridgehead atoms. The van der Waals surface area contributed by atoms with Gasteiger partial charge in [0.2, 0.25) is 0 Å². The van der Waals surface area contributed by atoms with Gasteiger partial charge in [-0.15, -0.1) is 0 Å². The third-order valence-corrected chi connectivity index (χ3v) is 6.60. The lowest BCUT2D eigenvalue weighted by Crippen LogP contribution is -2.47. The molecule has 1 aliphatic carbocycles. The topological polar surface area (TPSA) is 47.0 Å². The number of pyridine rings is 2. The first kappa shape index (κ1) is 21.2. The van der Waals surface area contributed by atoms with Gasteiger partial charge in [-0.2, -0.15) is 13.2 Å². The Morgan fingerprint density at radius 1 is 1.03 bits per heavy atom. The Morgan fingerprint density at radius 3 is 2.60 bits per heavy atom. The molecule has 0 unspecified atom stereocenters. The summed E-state index contributed by atoms with van der Waals surface area (Å²) in [5, 5.41) is 3.30. The zero-order chi connectivity index (χ0) is 21.1. The smallest absolute Gasteiger partial charge is 0.375 e. The fraction of sp³-hybridized carbons (Fsp3) is 0.565. The van der Waals surface area contributed by atoms with Gasteiger partial charge in [-0.1, -0.05) is 18.9 Å². The number of hydrogen-bond donors (Lipinski definition) is 1. The normalized spacial score (nSPS) is 23.7. The second-order valence-electron chi connectivity index (χ2n) is 8.62. The summed E-state index contributed by atoms with van der Waals surface area (Å²) in [5.74, 6) is 0. The Hall–Kier alpha value is -1.99. The van der Waals surface area contributed by atoms with Crippen LogP contribution in [0.25, 0.3) is 0 Å². The van der Waals surface area contributed by atoms with E-state index in [1.807, 2.05) is 18.3 Å². The maximum absolute atomic E-state index is 12.9. The van der Waals surface area contributed by atoms with Gasteiger partial charge >= 0.3 is 6.18 Å². The minimum Gasteiger partial charge on any atom is -0.375 e. The predicted molar refractivity (Wildman–Crippen MR) is 108 cm³/mol. The minimum absolute atomic E-state index is 0.0433. The Balaban J connectivity index is 1.43. The van der Waals surface area contributed by atoms with Gasteiger partial charge in [0.25, 0.3) is 0 Å². The molecule has 0 aromatic carbocycles. The quantitative estimate of drug-likeness (QED) is 0.667. The number of hydrogen-bond acceptors (Lipinski definition) is 4. The van der Waals surface area contributed by atoms with Crippen molar-refractivity contribution in [3.05, 3.63) is 59.7 Å². The molecule has 1 atom stereocenters. The van der Waals surface area contributed by atoms with Crippen molar-refractivity contribution in [3.8, 4) is 0 Å². The number of nitrogens with one attached hydrogen (secondary N) is 1. The summed E-state index contributed by atoms with van der Waals surface area (Å²) in [6, 6.07) is 8.18. The van der Waals surface area contributed by atoms with E-state index in [4.69, 9.17) is 4.74 Å². The van der Waals surface area contributed by atoms with E-state index in [1.165, 1.54) is 19.0 Å². The highest BCUT2D eigenvalue weighted by atomic mass is 19.4. The first-order valence-electron chi connectivity index (χ1n) is 10.7. The highest BCUT2D eigenvalue weighted by Crippen LogP contribution is 2.49. The molecule has 7 heteroatoms. The molecule has 2 aliphatic rings. The van der Waals surface area contributed by atoms with E-state index in [1.54, 1.807) is 0 Å². The van der Waals surface area contributed by atoms with Crippen molar-refractivity contribution >= 4 is 0 Å². The molecule has 2 aromatic rings. The lowest BCUT2D eigenvalue weighted by molar-refractivity contribution is -0.137. The molecule has 1 N–H and O–H groups in total. The van der Waals surface area contributed by atoms with E-state index in [-0.39, 0.29) is 11.0 Å². The van der Waals surface area contributed by atoms with Crippen molar-refractivity contribution in [3.63, 3.8) is 0 Å². The fourth-order valence-corrected chi connectivity index (χ4v) is 5.09. The molecule has 1 spiro atoms. The van der Waals surface area contributed by atoms with Crippen LogP contribution < -0.4 is 5.32 Å². The summed E-state index contributed by atoms with van der Waals surface area (Å²) in [6.45, 7) is 1.72. The van der Waals surface area contributed by atoms with E-state index >= 15 is 0 Å². The monoisotopic (exact) mass is 419 g/mol. The molecule has 4 rings (SSSR count). The van der Waals surface area contributed by atoms with Crippen LogP contribution in [0.1, 0.15) is 61.9 Å². The van der Waals surface area contributed by atoms with Crippen molar-refractivity contribution in [2.75, 3.05) is 13.2 Å². The van der Waals surface area contributed by atoms with E-state index in [9.17, 15) is 13.2 Å². The predicted octanol–water partition coefficient (Wildman–Crippen LogP) is 5.04. The molecule has 3 heterocycles. The molecule has 162 valence electrons. The summed E-state index contributed by atoms with van der Waals surface area (Å²) in [7, 11) is 0. The standard InChI is InChI=1S/C23H28F3N3O/c24-23(25,26)18-6-12-28-19(15-18)16-27-13-9-21(20-5-1-4-11-29-20)10-14-30-22(17-21)7-2-3-8-22/h1,4-6,11-12,15,27H,2-3,7-10,13-14,16-17H2/t21-/m1/s1. The van der Waals surface area contributed by atoms with E-state index < -0.39 is 11.7 Å². The van der Waals surface area contributed by atoms with Crippen LogP contribution in [0.15, 0.2) is 42.7 Å². The summed E-state index contributed by atoms with van der Waals surface area (Å²) in [6.07, 6.45) is 6.06. The molecule has 1 saturated heterocycles. The molecule has 0 radical (unpaired) electrons. The molecular weight excluding hydrogens is 391 g/mol. The van der Waals surface area contributed by atoms with Gasteiger partial charge in [-0.25, -0.2) is 0 Å². The Kier molecular flexibility index (Phi) is 6.11. The summed E-state index contributed by atoms with van der Waals surface area (Å²) in [5.41, 5.74) is 0.720. The van der Waals surface area contributed by atoms with E-state index in [0.717, 1.165) is 56.5 Å². The zero-order valence-electron chi connectivity index (χ0n) is 17.0. The fourth-order valence-electron chi connectivity index (χ4n) is 5.09. The average molecular weight is 419 g/mol. The number of rotatable bonds is 6. The Bertz CT molecular complexity index is 837. The summed E-state index contributed by atoms with van der Waals surface area (Å²) < 4.78 is 45.0. The van der Waals surface area contributed by atoms with Crippen LogP contribution in [0, 0.1) is 0 Å². The van der Waals surface area contributed by atoms with Crippen molar-refractivity contribution in [2.24, 2.45) is 0 Å². The third-order valence-electron chi connectivity index (χ3n) is 6.60. The molecule has 2 aromatic heterocycles. The first-order chi connectivity index (χ1) is 14.4. The summed E-state index contributed by atoms with van der Waals surface area (Å²) >= 11 is 0. The van der Waals surface area contributed by atoms with Crippen LogP contribution in [-0.4, -0.2) is 28.7 Å². The van der Waals surface area contributed by atoms with Gasteiger partial charge in [0.1, 0.15) is 0 Å². The second kappa shape index (κ2) is 8.63. The molecule has 4 nitrogen and oxygen atoms in total. The van der Waals surface area contributed by atoms with Gasteiger partial charge in [0.05, 0.1) is 16.9 Å². The van der Waals surface area contributed by atoms with Gasteiger partial charge in [0, 0.05) is 36.7 Å². The Morgan fingerprint density at radius 2 is 1.87 bits per heavy atom. The molecule has 2 fully saturated rings. The van der Waals surface area contributed by atoms with Gasteiger partial charge in [-0.3, -0.25) is 9.97 Å². The number of halogens is 3. The largest absolute Gasteiger partial charge is 0.416 e. The zero-order valence-corrected chi connectivity index (χ0v) is 17.0. The molecule has 30 heavy (non-hydrogen) atoms. The van der Waals surface area contributed by atoms with Crippen molar-refractivity contribution in [1.29, 1.82) is 0 Å². The molecule has 0 amide bonds. The Labute approximate surface area is 175 Å². The van der Waals surface area contributed by atoms with E-state index in [0.29, 0.717) is 18.8 Å². The van der Waals surface area contributed by atoms with Crippen LogP contribution in [0.5, 0.6) is 0 Å². The van der Waals surface area contributed by atoms with E-state index in [2.05, 4.69) is 21.4 Å². The number of alkyl halides is 3. The molecule has 1 aliphatic heterocycles. The number of ether oxygens (including phenoxy) is 1. The minimum atomic E-state index is -4.35. The van der Waals surface area contributed by atoms with Crippen molar-refractivity contribution in [1.82, 2.24) is 15.3 Å². The third kappa shape index (κ3) is 4.67. The molecule has 1 saturated carbocycles. The molecular formula is C23H28F3N3O. The van der Waals surface area contributed by atoms with Crippen LogP contribution in [-0.2, 0) is 22.9 Å².